The van der Waals surface area contributed by atoms with Crippen LogP contribution in [0.1, 0.15) is 10.4 Å². The molecule has 3 heteroatoms. The van der Waals surface area contributed by atoms with Gasteiger partial charge in [-0.3, -0.25) is 0 Å². The minimum absolute atomic E-state index is 0.338. The normalized spacial score (nSPS) is 11.1. The molecule has 4 aromatic carbocycles. The number of rotatable bonds is 3. The van der Waals surface area contributed by atoms with Crippen LogP contribution in [0.25, 0.3) is 44.2 Å². The van der Waals surface area contributed by atoms with Crippen molar-refractivity contribution in [2.45, 2.75) is 0 Å². The number of benzene rings is 4. The van der Waals surface area contributed by atoms with Crippen molar-refractivity contribution in [1.29, 1.82) is 0 Å². The average molecular weight is 378 g/mol. The fraction of sp³-hybridized carbons (Fsp3) is 0.0385. The number of esters is 1. The first kappa shape index (κ1) is 17.3. The van der Waals surface area contributed by atoms with Gasteiger partial charge in [0.1, 0.15) is 11.2 Å². The summed E-state index contributed by atoms with van der Waals surface area (Å²) in [5, 5.41) is 2.22. The predicted molar refractivity (Wildman–Crippen MR) is 116 cm³/mol. The SMILES string of the molecule is COC(=O)c1cccc(-c2cccc(-c3cccc4c3oc3ccccc34)c2)c1. The van der Waals surface area contributed by atoms with Gasteiger partial charge in [0.2, 0.25) is 0 Å². The average Bonchev–Trinajstić information content (AvgIpc) is 3.17. The Hall–Kier alpha value is -3.85. The molecule has 1 aromatic heterocycles. The first-order valence-electron chi connectivity index (χ1n) is 9.44. The van der Waals surface area contributed by atoms with Crippen LogP contribution < -0.4 is 0 Å². The van der Waals surface area contributed by atoms with Crippen molar-refractivity contribution in [1.82, 2.24) is 0 Å². The van der Waals surface area contributed by atoms with E-state index >= 15 is 0 Å². The van der Waals surface area contributed by atoms with E-state index in [0.29, 0.717) is 5.56 Å². The van der Waals surface area contributed by atoms with Gasteiger partial charge < -0.3 is 9.15 Å². The zero-order chi connectivity index (χ0) is 19.8. The van der Waals surface area contributed by atoms with Crippen molar-refractivity contribution in [2.75, 3.05) is 7.11 Å². The topological polar surface area (TPSA) is 39.4 Å². The Kier molecular flexibility index (Phi) is 4.14. The Morgan fingerprint density at radius 3 is 2.28 bits per heavy atom. The number of ether oxygens (including phenoxy) is 1. The molecule has 1 heterocycles. The van der Waals surface area contributed by atoms with Gasteiger partial charge in [0.05, 0.1) is 12.7 Å². The van der Waals surface area contributed by atoms with Crippen LogP contribution in [0.15, 0.2) is 95.4 Å². The van der Waals surface area contributed by atoms with Gasteiger partial charge in [-0.1, -0.05) is 66.7 Å². The lowest BCUT2D eigenvalue weighted by Crippen LogP contribution is -2.00. The van der Waals surface area contributed by atoms with Gasteiger partial charge in [0.15, 0.2) is 0 Å². The Labute approximate surface area is 168 Å². The number of furan rings is 1. The molecule has 29 heavy (non-hydrogen) atoms. The van der Waals surface area contributed by atoms with E-state index in [9.17, 15) is 4.79 Å². The fourth-order valence-electron chi connectivity index (χ4n) is 3.78. The van der Waals surface area contributed by atoms with E-state index in [1.165, 1.54) is 7.11 Å². The quantitative estimate of drug-likeness (QED) is 0.328. The second-order valence-electron chi connectivity index (χ2n) is 6.93. The summed E-state index contributed by atoms with van der Waals surface area (Å²) in [7, 11) is 1.39. The molecule has 0 spiro atoms. The standard InChI is InChI=1S/C26H18O3/c1-28-26(27)20-10-5-8-18(16-20)17-7-4-9-19(15-17)21-12-6-13-23-22-11-2-3-14-24(22)29-25(21)23/h2-16H,1H3. The number of carbonyl (C=O) groups excluding carboxylic acids is 1. The highest BCUT2D eigenvalue weighted by atomic mass is 16.5. The molecule has 3 nitrogen and oxygen atoms in total. The Bertz CT molecular complexity index is 1360. The molecule has 0 N–H and O–H groups in total. The number of carbonyl (C=O) groups is 1. The van der Waals surface area contributed by atoms with Crippen LogP contribution in [0.2, 0.25) is 0 Å². The Balaban J connectivity index is 1.65. The summed E-state index contributed by atoms with van der Waals surface area (Å²) < 4.78 is 11.0. The van der Waals surface area contributed by atoms with Gasteiger partial charge in [-0.05, 0) is 41.0 Å². The third kappa shape index (κ3) is 2.97. The zero-order valence-corrected chi connectivity index (χ0v) is 15.9. The molecule has 0 fully saturated rings. The summed E-state index contributed by atoms with van der Waals surface area (Å²) in [6.45, 7) is 0. The van der Waals surface area contributed by atoms with Crippen molar-refractivity contribution in [3.05, 3.63) is 96.6 Å². The summed E-state index contributed by atoms with van der Waals surface area (Å²) in [4.78, 5) is 11.9. The molecule has 0 aliphatic rings. The van der Waals surface area contributed by atoms with Gasteiger partial charge >= 0.3 is 5.97 Å². The largest absolute Gasteiger partial charge is 0.465 e. The predicted octanol–water partition coefficient (Wildman–Crippen LogP) is 6.71. The lowest BCUT2D eigenvalue weighted by atomic mass is 9.97. The monoisotopic (exact) mass is 378 g/mol. The molecule has 0 unspecified atom stereocenters. The Morgan fingerprint density at radius 1 is 0.724 bits per heavy atom. The van der Waals surface area contributed by atoms with Crippen LogP contribution >= 0.6 is 0 Å². The van der Waals surface area contributed by atoms with E-state index in [4.69, 9.17) is 9.15 Å². The van der Waals surface area contributed by atoms with Crippen molar-refractivity contribution < 1.29 is 13.9 Å². The van der Waals surface area contributed by atoms with Crippen molar-refractivity contribution >= 4 is 27.9 Å². The van der Waals surface area contributed by atoms with Gasteiger partial charge in [-0.15, -0.1) is 0 Å². The minimum Gasteiger partial charge on any atom is -0.465 e. The van der Waals surface area contributed by atoms with E-state index in [1.807, 2.05) is 48.5 Å². The van der Waals surface area contributed by atoms with E-state index in [-0.39, 0.29) is 5.97 Å². The molecule has 140 valence electrons. The molecule has 0 aliphatic heterocycles. The molecule has 0 aliphatic carbocycles. The summed E-state index contributed by atoms with van der Waals surface area (Å²) in [5.74, 6) is -0.338. The smallest absolute Gasteiger partial charge is 0.337 e. The first-order valence-corrected chi connectivity index (χ1v) is 9.44. The number of para-hydroxylation sites is 2. The van der Waals surface area contributed by atoms with Crippen LogP contribution in [0, 0.1) is 0 Å². The third-order valence-corrected chi connectivity index (χ3v) is 5.19. The van der Waals surface area contributed by atoms with Crippen LogP contribution in [-0.2, 0) is 4.74 Å². The van der Waals surface area contributed by atoms with Crippen LogP contribution in [-0.4, -0.2) is 13.1 Å². The molecular formula is C26H18O3. The summed E-state index contributed by atoms with van der Waals surface area (Å²) in [6, 6.07) is 30.1. The zero-order valence-electron chi connectivity index (χ0n) is 15.9. The van der Waals surface area contributed by atoms with E-state index < -0.39 is 0 Å². The first-order chi connectivity index (χ1) is 14.2. The summed E-state index contributed by atoms with van der Waals surface area (Å²) in [6.07, 6.45) is 0. The second kappa shape index (κ2) is 6.95. The second-order valence-corrected chi connectivity index (χ2v) is 6.93. The Morgan fingerprint density at radius 2 is 1.41 bits per heavy atom. The number of methoxy groups -OCH3 is 1. The van der Waals surface area contributed by atoms with E-state index in [1.54, 1.807) is 6.07 Å². The lowest BCUT2D eigenvalue weighted by molar-refractivity contribution is 0.0601. The highest BCUT2D eigenvalue weighted by Gasteiger charge is 2.13. The van der Waals surface area contributed by atoms with Crippen LogP contribution in [0.5, 0.6) is 0 Å². The van der Waals surface area contributed by atoms with Gasteiger partial charge in [0, 0.05) is 16.3 Å². The van der Waals surface area contributed by atoms with Crippen molar-refractivity contribution in [3.63, 3.8) is 0 Å². The lowest BCUT2D eigenvalue weighted by Gasteiger charge is -2.08. The number of fused-ring (bicyclic) bond motifs is 3. The van der Waals surface area contributed by atoms with Crippen LogP contribution in [0.4, 0.5) is 0 Å². The van der Waals surface area contributed by atoms with Gasteiger partial charge in [-0.25, -0.2) is 4.79 Å². The molecule has 5 rings (SSSR count). The molecule has 0 saturated heterocycles. The minimum atomic E-state index is -0.338. The van der Waals surface area contributed by atoms with E-state index in [0.717, 1.165) is 44.2 Å². The molecular weight excluding hydrogens is 360 g/mol. The molecule has 0 amide bonds. The van der Waals surface area contributed by atoms with Gasteiger partial charge in [0.25, 0.3) is 0 Å². The van der Waals surface area contributed by atoms with Crippen molar-refractivity contribution in [3.8, 4) is 22.3 Å². The molecule has 0 atom stereocenters. The number of hydrogen-bond acceptors (Lipinski definition) is 3. The van der Waals surface area contributed by atoms with E-state index in [2.05, 4.69) is 36.4 Å². The maximum Gasteiger partial charge on any atom is 0.337 e. The maximum atomic E-state index is 11.9. The van der Waals surface area contributed by atoms with Crippen molar-refractivity contribution in [2.24, 2.45) is 0 Å². The summed E-state index contributed by atoms with van der Waals surface area (Å²) in [5.41, 5.74) is 6.41. The highest BCUT2D eigenvalue weighted by molar-refractivity contribution is 6.09. The maximum absolute atomic E-state index is 11.9. The molecule has 0 saturated carbocycles. The number of hydrogen-bond donors (Lipinski definition) is 0. The third-order valence-electron chi connectivity index (χ3n) is 5.19. The summed E-state index contributed by atoms with van der Waals surface area (Å²) >= 11 is 0. The van der Waals surface area contributed by atoms with Crippen LogP contribution in [0.3, 0.4) is 0 Å². The molecule has 0 radical (unpaired) electrons. The molecule has 5 aromatic rings. The molecule has 0 bridgehead atoms. The van der Waals surface area contributed by atoms with Gasteiger partial charge in [-0.2, -0.15) is 0 Å². The highest BCUT2D eigenvalue weighted by Crippen LogP contribution is 2.36. The fourth-order valence-corrected chi connectivity index (χ4v) is 3.78.